The monoisotopic (exact) mass is 291 g/mol. The molecular formula is C14H10FNO3S. The van der Waals surface area contributed by atoms with E-state index < -0.39 is 10.7 Å². The van der Waals surface area contributed by atoms with Gasteiger partial charge in [-0.15, -0.1) is 0 Å². The quantitative estimate of drug-likeness (QED) is 0.483. The Morgan fingerprint density at radius 3 is 2.40 bits per heavy atom. The van der Waals surface area contributed by atoms with Gasteiger partial charge in [-0.2, -0.15) is 0 Å². The van der Waals surface area contributed by atoms with E-state index in [2.05, 4.69) is 0 Å². The first-order valence-electron chi connectivity index (χ1n) is 5.71. The molecule has 0 aliphatic rings. The Hall–Kier alpha value is -2.21. The predicted octanol–water partition coefficient (Wildman–Crippen LogP) is 4.09. The standard InChI is InChI=1S/C14H10FNO3S/c1-9(17)14-12(15)3-2-4-13(14)20-11-7-5-10(6-8-11)16(18)19/h2-8H,1H3. The van der Waals surface area contributed by atoms with Gasteiger partial charge in [-0.25, -0.2) is 4.39 Å². The molecule has 102 valence electrons. The zero-order valence-corrected chi connectivity index (χ0v) is 11.3. The van der Waals surface area contributed by atoms with Crippen molar-refractivity contribution < 1.29 is 14.1 Å². The molecule has 0 fully saturated rings. The molecule has 0 saturated heterocycles. The van der Waals surface area contributed by atoms with Gasteiger partial charge in [0.05, 0.1) is 10.5 Å². The molecule has 0 aliphatic carbocycles. The lowest BCUT2D eigenvalue weighted by Crippen LogP contribution is -1.99. The van der Waals surface area contributed by atoms with Crippen LogP contribution >= 0.6 is 11.8 Å². The number of carbonyl (C=O) groups excluding carboxylic acids is 1. The average molecular weight is 291 g/mol. The van der Waals surface area contributed by atoms with Gasteiger partial charge in [0.25, 0.3) is 5.69 Å². The molecule has 0 atom stereocenters. The van der Waals surface area contributed by atoms with E-state index in [4.69, 9.17) is 0 Å². The van der Waals surface area contributed by atoms with E-state index in [0.29, 0.717) is 9.79 Å². The fourth-order valence-corrected chi connectivity index (χ4v) is 2.71. The minimum absolute atomic E-state index is 0.0135. The Bertz CT molecular complexity index is 671. The summed E-state index contributed by atoms with van der Waals surface area (Å²) >= 11 is 1.19. The zero-order chi connectivity index (χ0) is 14.7. The number of Topliss-reactive ketones (excluding diaryl/α,β-unsaturated/α-hetero) is 1. The first-order valence-corrected chi connectivity index (χ1v) is 6.52. The molecule has 2 rings (SSSR count). The number of non-ortho nitro benzene ring substituents is 1. The van der Waals surface area contributed by atoms with Gasteiger partial charge in [-0.1, -0.05) is 17.8 Å². The van der Waals surface area contributed by atoms with E-state index in [-0.39, 0.29) is 17.0 Å². The molecule has 0 N–H and O–H groups in total. The van der Waals surface area contributed by atoms with Crippen molar-refractivity contribution in [1.29, 1.82) is 0 Å². The van der Waals surface area contributed by atoms with Crippen LogP contribution in [0.15, 0.2) is 52.3 Å². The van der Waals surface area contributed by atoms with E-state index in [9.17, 15) is 19.3 Å². The molecule has 0 amide bonds. The van der Waals surface area contributed by atoms with Crippen molar-refractivity contribution in [3.8, 4) is 0 Å². The summed E-state index contributed by atoms with van der Waals surface area (Å²) in [5.74, 6) is -0.920. The van der Waals surface area contributed by atoms with Gasteiger partial charge in [0.1, 0.15) is 5.82 Å². The number of hydrogen-bond acceptors (Lipinski definition) is 4. The third-order valence-corrected chi connectivity index (χ3v) is 3.67. The van der Waals surface area contributed by atoms with Crippen molar-refractivity contribution in [2.75, 3.05) is 0 Å². The number of benzene rings is 2. The second kappa shape index (κ2) is 5.83. The molecule has 0 unspecified atom stereocenters. The van der Waals surface area contributed by atoms with Gasteiger partial charge in [0.2, 0.25) is 0 Å². The van der Waals surface area contributed by atoms with Crippen LogP contribution < -0.4 is 0 Å². The van der Waals surface area contributed by atoms with Crippen LogP contribution in [0.3, 0.4) is 0 Å². The summed E-state index contributed by atoms with van der Waals surface area (Å²) in [7, 11) is 0. The molecule has 2 aromatic rings. The molecule has 6 heteroatoms. The predicted molar refractivity (Wildman–Crippen MR) is 73.6 cm³/mol. The molecule has 20 heavy (non-hydrogen) atoms. The van der Waals surface area contributed by atoms with Crippen molar-refractivity contribution in [2.45, 2.75) is 16.7 Å². The molecule has 0 aromatic heterocycles. The number of carbonyl (C=O) groups is 1. The number of nitro benzene ring substituents is 1. The van der Waals surface area contributed by atoms with Gasteiger partial charge in [-0.3, -0.25) is 14.9 Å². The number of halogens is 1. The molecule has 0 spiro atoms. The summed E-state index contributed by atoms with van der Waals surface area (Å²) in [5, 5.41) is 10.6. The summed E-state index contributed by atoms with van der Waals surface area (Å²) < 4.78 is 13.7. The van der Waals surface area contributed by atoms with E-state index >= 15 is 0 Å². The van der Waals surface area contributed by atoms with Gasteiger partial charge in [0, 0.05) is 21.9 Å². The summed E-state index contributed by atoms with van der Waals surface area (Å²) in [4.78, 5) is 22.7. The van der Waals surface area contributed by atoms with Crippen molar-refractivity contribution in [3.05, 3.63) is 64.0 Å². The Kier molecular flexibility index (Phi) is 4.14. The smallest absolute Gasteiger partial charge is 0.269 e. The van der Waals surface area contributed by atoms with Crippen LogP contribution in [0.4, 0.5) is 10.1 Å². The largest absolute Gasteiger partial charge is 0.294 e. The molecule has 0 bridgehead atoms. The second-order valence-electron chi connectivity index (χ2n) is 4.02. The summed E-state index contributed by atoms with van der Waals surface area (Å²) in [5.41, 5.74) is 0.0243. The SMILES string of the molecule is CC(=O)c1c(F)cccc1Sc1ccc([N+](=O)[O-])cc1. The zero-order valence-electron chi connectivity index (χ0n) is 10.5. The average Bonchev–Trinajstić information content (AvgIpc) is 2.39. The molecule has 4 nitrogen and oxygen atoms in total. The third-order valence-electron chi connectivity index (χ3n) is 2.60. The maximum absolute atomic E-state index is 13.7. The number of rotatable bonds is 4. The maximum Gasteiger partial charge on any atom is 0.269 e. The van der Waals surface area contributed by atoms with Crippen molar-refractivity contribution in [3.63, 3.8) is 0 Å². The number of nitro groups is 1. The Morgan fingerprint density at radius 2 is 1.85 bits per heavy atom. The minimum Gasteiger partial charge on any atom is -0.294 e. The van der Waals surface area contributed by atoms with Gasteiger partial charge in [-0.05, 0) is 31.2 Å². The minimum atomic E-state index is -0.565. The second-order valence-corrected chi connectivity index (χ2v) is 5.14. The van der Waals surface area contributed by atoms with Gasteiger partial charge >= 0.3 is 0 Å². The van der Waals surface area contributed by atoms with E-state index in [0.717, 1.165) is 0 Å². The van der Waals surface area contributed by atoms with Gasteiger partial charge in [0.15, 0.2) is 5.78 Å². The van der Waals surface area contributed by atoms with Crippen molar-refractivity contribution in [1.82, 2.24) is 0 Å². The third kappa shape index (κ3) is 3.03. The highest BCUT2D eigenvalue weighted by Crippen LogP contribution is 2.32. The maximum atomic E-state index is 13.7. The Labute approximate surface area is 118 Å². The van der Waals surface area contributed by atoms with E-state index in [1.165, 1.54) is 43.0 Å². The number of nitrogens with zero attached hydrogens (tertiary/aromatic N) is 1. The molecule has 0 radical (unpaired) electrons. The van der Waals surface area contributed by atoms with Crippen LogP contribution in [0.1, 0.15) is 17.3 Å². The molecule has 0 aliphatic heterocycles. The Balaban J connectivity index is 2.33. The highest BCUT2D eigenvalue weighted by atomic mass is 32.2. The Morgan fingerprint density at radius 1 is 1.20 bits per heavy atom. The lowest BCUT2D eigenvalue weighted by Gasteiger charge is -2.07. The molecule has 0 heterocycles. The van der Waals surface area contributed by atoms with Crippen molar-refractivity contribution >= 4 is 23.2 Å². The normalized spacial score (nSPS) is 10.3. The number of hydrogen-bond donors (Lipinski definition) is 0. The fourth-order valence-electron chi connectivity index (χ4n) is 1.69. The first kappa shape index (κ1) is 14.2. The molecule has 0 saturated carbocycles. The first-order chi connectivity index (χ1) is 9.49. The number of ketones is 1. The van der Waals surface area contributed by atoms with Crippen LogP contribution in [0, 0.1) is 15.9 Å². The van der Waals surface area contributed by atoms with Crippen LogP contribution in [-0.4, -0.2) is 10.7 Å². The van der Waals surface area contributed by atoms with E-state index in [1.54, 1.807) is 18.2 Å². The van der Waals surface area contributed by atoms with Crippen molar-refractivity contribution in [2.24, 2.45) is 0 Å². The van der Waals surface area contributed by atoms with Gasteiger partial charge < -0.3 is 0 Å². The highest BCUT2D eigenvalue weighted by molar-refractivity contribution is 7.99. The fraction of sp³-hybridized carbons (Fsp3) is 0.0714. The molecule has 2 aromatic carbocycles. The van der Waals surface area contributed by atoms with Crippen LogP contribution in [-0.2, 0) is 0 Å². The summed E-state index contributed by atoms with van der Waals surface area (Å²) in [6, 6.07) is 10.3. The summed E-state index contributed by atoms with van der Waals surface area (Å²) in [6.07, 6.45) is 0. The highest BCUT2D eigenvalue weighted by Gasteiger charge is 2.14. The topological polar surface area (TPSA) is 60.2 Å². The van der Waals surface area contributed by atoms with Crippen LogP contribution in [0.5, 0.6) is 0 Å². The summed E-state index contributed by atoms with van der Waals surface area (Å²) in [6.45, 7) is 1.30. The molecular weight excluding hydrogens is 281 g/mol. The lowest BCUT2D eigenvalue weighted by molar-refractivity contribution is -0.384. The van der Waals surface area contributed by atoms with Crippen LogP contribution in [0.25, 0.3) is 0 Å². The van der Waals surface area contributed by atoms with Crippen LogP contribution in [0.2, 0.25) is 0 Å². The van der Waals surface area contributed by atoms with E-state index in [1.807, 2.05) is 0 Å². The lowest BCUT2D eigenvalue weighted by atomic mass is 10.1.